The summed E-state index contributed by atoms with van der Waals surface area (Å²) in [6, 6.07) is 1.64. The highest BCUT2D eigenvalue weighted by atomic mass is 35.5. The minimum Gasteiger partial charge on any atom is -0.377 e. The molecule has 1 aromatic rings. The molecule has 1 N–H and O–H groups in total. The number of carbonyl (C=O) groups is 1. The Morgan fingerprint density at radius 1 is 1.38 bits per heavy atom. The number of ether oxygens (including phenoxy) is 1. The summed E-state index contributed by atoms with van der Waals surface area (Å²) in [6.07, 6.45) is 3.91. The van der Waals surface area contributed by atoms with E-state index < -0.39 is 0 Å². The van der Waals surface area contributed by atoms with E-state index in [0.29, 0.717) is 36.4 Å². The number of likely N-dealkylation sites (tertiary alicyclic amines) is 1. The molecule has 7 heteroatoms. The summed E-state index contributed by atoms with van der Waals surface area (Å²) in [6.45, 7) is 2.61. The number of carbonyl (C=O) groups excluding carboxylic acids is 1. The minimum absolute atomic E-state index is 0.194. The molecular weight excluding hydrogens is 292 g/mol. The van der Waals surface area contributed by atoms with E-state index in [4.69, 9.17) is 16.3 Å². The first-order chi connectivity index (χ1) is 10.2. The van der Waals surface area contributed by atoms with Gasteiger partial charge in [0.25, 0.3) is 0 Å². The van der Waals surface area contributed by atoms with Crippen LogP contribution in [0.4, 0.5) is 5.82 Å². The van der Waals surface area contributed by atoms with E-state index in [1.165, 1.54) is 6.42 Å². The molecule has 0 bridgehead atoms. The normalized spacial score (nSPS) is 15.0. The Morgan fingerprint density at radius 3 is 2.86 bits per heavy atom. The predicted octanol–water partition coefficient (Wildman–Crippen LogP) is 2.09. The number of halogens is 1. The van der Waals surface area contributed by atoms with Crippen molar-refractivity contribution in [1.29, 1.82) is 0 Å². The molecule has 0 radical (unpaired) electrons. The topological polar surface area (TPSA) is 67.3 Å². The van der Waals surface area contributed by atoms with Gasteiger partial charge in [-0.2, -0.15) is 0 Å². The van der Waals surface area contributed by atoms with E-state index in [9.17, 15) is 4.79 Å². The zero-order valence-electron chi connectivity index (χ0n) is 12.3. The van der Waals surface area contributed by atoms with Crippen molar-refractivity contribution < 1.29 is 9.53 Å². The van der Waals surface area contributed by atoms with Crippen LogP contribution in [0.15, 0.2) is 6.07 Å². The van der Waals surface area contributed by atoms with E-state index in [2.05, 4.69) is 15.3 Å². The average Bonchev–Trinajstić information content (AvgIpc) is 2.48. The number of nitrogens with zero attached hydrogens (tertiary/aromatic N) is 3. The first kappa shape index (κ1) is 16.0. The lowest BCUT2D eigenvalue weighted by molar-refractivity contribution is -0.131. The van der Waals surface area contributed by atoms with Gasteiger partial charge in [0, 0.05) is 39.2 Å². The molecule has 1 amide bonds. The van der Waals surface area contributed by atoms with Crippen molar-refractivity contribution in [2.45, 2.75) is 32.3 Å². The van der Waals surface area contributed by atoms with Crippen molar-refractivity contribution in [3.63, 3.8) is 0 Å². The minimum atomic E-state index is 0.194. The molecule has 21 heavy (non-hydrogen) atoms. The molecule has 0 saturated carbocycles. The quantitative estimate of drug-likeness (QED) is 0.815. The summed E-state index contributed by atoms with van der Waals surface area (Å²) in [5.74, 6) is 1.34. The number of rotatable bonds is 6. The van der Waals surface area contributed by atoms with Crippen LogP contribution < -0.4 is 5.32 Å². The SMILES string of the molecule is COCc1nc(Cl)cc(NCCC(=O)N2CCCCC2)n1. The summed E-state index contributed by atoms with van der Waals surface area (Å²) < 4.78 is 4.99. The van der Waals surface area contributed by atoms with Crippen LogP contribution in [0.25, 0.3) is 0 Å². The first-order valence-electron chi connectivity index (χ1n) is 7.23. The third-order valence-corrected chi connectivity index (χ3v) is 3.56. The van der Waals surface area contributed by atoms with Crippen molar-refractivity contribution >= 4 is 23.3 Å². The van der Waals surface area contributed by atoms with E-state index in [1.54, 1.807) is 13.2 Å². The molecular formula is C14H21ClN4O2. The standard InChI is InChI=1S/C14H21ClN4O2/c1-21-10-13-17-11(15)9-12(18-13)16-6-5-14(20)19-7-3-2-4-8-19/h9H,2-8,10H2,1H3,(H,16,17,18). The van der Waals surface area contributed by atoms with Crippen LogP contribution in [-0.2, 0) is 16.1 Å². The summed E-state index contributed by atoms with van der Waals surface area (Å²) >= 11 is 5.93. The van der Waals surface area contributed by atoms with Crippen LogP contribution in [0.5, 0.6) is 0 Å². The largest absolute Gasteiger partial charge is 0.377 e. The second kappa shape index (κ2) is 8.14. The molecule has 1 saturated heterocycles. The smallest absolute Gasteiger partial charge is 0.224 e. The lowest BCUT2D eigenvalue weighted by Gasteiger charge is -2.26. The number of amides is 1. The van der Waals surface area contributed by atoms with Gasteiger partial charge in [0.05, 0.1) is 0 Å². The monoisotopic (exact) mass is 312 g/mol. The van der Waals surface area contributed by atoms with E-state index in [-0.39, 0.29) is 5.91 Å². The number of hydrogen-bond donors (Lipinski definition) is 1. The van der Waals surface area contributed by atoms with Gasteiger partial charge in [0.15, 0.2) is 5.82 Å². The molecule has 0 aliphatic carbocycles. The third kappa shape index (κ3) is 5.13. The predicted molar refractivity (Wildman–Crippen MR) is 81.3 cm³/mol. The van der Waals surface area contributed by atoms with Gasteiger partial charge in [-0.05, 0) is 19.3 Å². The van der Waals surface area contributed by atoms with Crippen molar-refractivity contribution in [2.75, 3.05) is 32.1 Å². The third-order valence-electron chi connectivity index (χ3n) is 3.37. The summed E-state index contributed by atoms with van der Waals surface area (Å²) in [4.78, 5) is 22.3. The lowest BCUT2D eigenvalue weighted by atomic mass is 10.1. The Hall–Kier alpha value is -1.40. The van der Waals surface area contributed by atoms with Crippen LogP contribution in [0.1, 0.15) is 31.5 Å². The fourth-order valence-electron chi connectivity index (χ4n) is 2.35. The van der Waals surface area contributed by atoms with Gasteiger partial charge in [0.2, 0.25) is 5.91 Å². The molecule has 2 rings (SSSR count). The fraction of sp³-hybridized carbons (Fsp3) is 0.643. The zero-order chi connectivity index (χ0) is 15.1. The van der Waals surface area contributed by atoms with Crippen molar-refractivity contribution in [3.05, 3.63) is 17.0 Å². The molecule has 116 valence electrons. The Bertz CT molecular complexity index is 478. The molecule has 1 aromatic heterocycles. The number of piperidine rings is 1. The summed E-state index contributed by atoms with van der Waals surface area (Å²) in [5.41, 5.74) is 0. The molecule has 0 spiro atoms. The van der Waals surface area contributed by atoms with Crippen molar-refractivity contribution in [1.82, 2.24) is 14.9 Å². The molecule has 0 unspecified atom stereocenters. The van der Waals surface area contributed by atoms with E-state index >= 15 is 0 Å². The number of anilines is 1. The van der Waals surface area contributed by atoms with Crippen molar-refractivity contribution in [2.24, 2.45) is 0 Å². The molecule has 1 aliphatic heterocycles. The summed E-state index contributed by atoms with van der Waals surface area (Å²) in [7, 11) is 1.58. The van der Waals surface area contributed by atoms with Crippen molar-refractivity contribution in [3.8, 4) is 0 Å². The molecule has 1 aliphatic rings. The second-order valence-electron chi connectivity index (χ2n) is 5.04. The number of methoxy groups -OCH3 is 1. The van der Waals surface area contributed by atoms with E-state index in [0.717, 1.165) is 25.9 Å². The van der Waals surface area contributed by atoms with Gasteiger partial charge in [-0.25, -0.2) is 9.97 Å². The van der Waals surface area contributed by atoms with Gasteiger partial charge in [-0.1, -0.05) is 11.6 Å². The van der Waals surface area contributed by atoms with Crippen LogP contribution in [-0.4, -0.2) is 47.5 Å². The Labute approximate surface area is 129 Å². The highest BCUT2D eigenvalue weighted by Crippen LogP contribution is 2.13. The highest BCUT2D eigenvalue weighted by molar-refractivity contribution is 6.29. The Morgan fingerprint density at radius 2 is 2.14 bits per heavy atom. The molecule has 0 aromatic carbocycles. The first-order valence-corrected chi connectivity index (χ1v) is 7.61. The maximum Gasteiger partial charge on any atom is 0.224 e. The van der Waals surface area contributed by atoms with Gasteiger partial charge in [-0.3, -0.25) is 4.79 Å². The highest BCUT2D eigenvalue weighted by Gasteiger charge is 2.15. The van der Waals surface area contributed by atoms with Gasteiger partial charge >= 0.3 is 0 Å². The van der Waals surface area contributed by atoms with Gasteiger partial charge < -0.3 is 15.0 Å². The fourth-order valence-corrected chi connectivity index (χ4v) is 2.55. The molecule has 1 fully saturated rings. The summed E-state index contributed by atoms with van der Waals surface area (Å²) in [5, 5.41) is 3.48. The molecule has 2 heterocycles. The number of hydrogen-bond acceptors (Lipinski definition) is 5. The maximum atomic E-state index is 12.0. The van der Waals surface area contributed by atoms with Crippen LogP contribution in [0.2, 0.25) is 5.15 Å². The Kier molecular flexibility index (Phi) is 6.20. The van der Waals surface area contributed by atoms with Crippen LogP contribution >= 0.6 is 11.6 Å². The molecule has 0 atom stereocenters. The lowest BCUT2D eigenvalue weighted by Crippen LogP contribution is -2.36. The zero-order valence-corrected chi connectivity index (χ0v) is 13.0. The average molecular weight is 313 g/mol. The van der Waals surface area contributed by atoms with Gasteiger partial charge in [-0.15, -0.1) is 0 Å². The molecule has 6 nitrogen and oxygen atoms in total. The number of nitrogens with one attached hydrogen (secondary N) is 1. The number of aromatic nitrogens is 2. The maximum absolute atomic E-state index is 12.0. The Balaban J connectivity index is 1.81. The van der Waals surface area contributed by atoms with E-state index in [1.807, 2.05) is 4.90 Å². The van der Waals surface area contributed by atoms with Crippen LogP contribution in [0, 0.1) is 0 Å². The van der Waals surface area contributed by atoms with Gasteiger partial charge in [0.1, 0.15) is 17.6 Å². The second-order valence-corrected chi connectivity index (χ2v) is 5.43. The van der Waals surface area contributed by atoms with Crippen LogP contribution in [0.3, 0.4) is 0 Å².